The molecule has 0 aliphatic carbocycles. The Morgan fingerprint density at radius 2 is 1.07 bits per heavy atom. The SMILES string of the molecule is CCc1ccccc1OP(=O)(Oc1ccccc1CC)Sc1ccccc1CC. The zero-order valence-corrected chi connectivity index (χ0v) is 18.8. The Hall–Kier alpha value is -2.16. The number of benzene rings is 3. The standard InChI is InChI=1S/C24H27O3PS/c1-4-19-13-7-10-16-22(19)26-28(25,27-23-17-11-8-14-20(23)5-2)29-24-18-12-9-15-21(24)6-3/h7-18H,4-6H2,1-3H3. The first-order valence-electron chi connectivity index (χ1n) is 10.0. The number of rotatable bonds is 9. The first-order chi connectivity index (χ1) is 14.1. The Morgan fingerprint density at radius 1 is 0.655 bits per heavy atom. The molecular weight excluding hydrogens is 399 g/mol. The van der Waals surface area contributed by atoms with Gasteiger partial charge in [0, 0.05) is 16.3 Å². The maximum atomic E-state index is 14.0. The Morgan fingerprint density at radius 3 is 1.55 bits per heavy atom. The van der Waals surface area contributed by atoms with Gasteiger partial charge in [0.1, 0.15) is 11.5 Å². The highest BCUT2D eigenvalue weighted by molar-refractivity contribution is 8.55. The number of para-hydroxylation sites is 2. The van der Waals surface area contributed by atoms with Gasteiger partial charge in [-0.1, -0.05) is 75.4 Å². The lowest BCUT2D eigenvalue weighted by molar-refractivity contribution is 0.404. The van der Waals surface area contributed by atoms with Crippen molar-refractivity contribution in [3.05, 3.63) is 89.5 Å². The summed E-state index contributed by atoms with van der Waals surface area (Å²) in [6, 6.07) is 23.4. The summed E-state index contributed by atoms with van der Waals surface area (Å²) in [4.78, 5) is 0.918. The van der Waals surface area contributed by atoms with Crippen LogP contribution in [0.1, 0.15) is 37.5 Å². The van der Waals surface area contributed by atoms with Crippen LogP contribution in [0.2, 0.25) is 0 Å². The highest BCUT2D eigenvalue weighted by atomic mass is 32.7. The lowest BCUT2D eigenvalue weighted by Gasteiger charge is -2.22. The molecule has 0 unspecified atom stereocenters. The molecule has 0 saturated carbocycles. The fourth-order valence-corrected chi connectivity index (χ4v) is 6.69. The fourth-order valence-electron chi connectivity index (χ4n) is 3.07. The molecule has 0 fully saturated rings. The summed E-state index contributed by atoms with van der Waals surface area (Å²) in [5, 5.41) is 0. The van der Waals surface area contributed by atoms with Crippen molar-refractivity contribution in [1.29, 1.82) is 0 Å². The first kappa shape index (κ1) is 21.5. The molecule has 0 bridgehead atoms. The smallest absolute Gasteiger partial charge is 0.408 e. The molecule has 29 heavy (non-hydrogen) atoms. The molecule has 3 aromatic carbocycles. The number of hydrogen-bond donors (Lipinski definition) is 0. The molecule has 3 aromatic rings. The Labute approximate surface area is 177 Å². The lowest BCUT2D eigenvalue weighted by atomic mass is 10.1. The van der Waals surface area contributed by atoms with Crippen molar-refractivity contribution in [3.8, 4) is 11.5 Å². The average molecular weight is 427 g/mol. The second-order valence-electron chi connectivity index (χ2n) is 6.60. The summed E-state index contributed by atoms with van der Waals surface area (Å²) in [7, 11) is 0. The third kappa shape index (κ3) is 5.46. The van der Waals surface area contributed by atoms with E-state index in [1.807, 2.05) is 72.8 Å². The van der Waals surface area contributed by atoms with Gasteiger partial charge in [-0.15, -0.1) is 0 Å². The van der Waals surface area contributed by atoms with Crippen LogP contribution in [0.3, 0.4) is 0 Å². The van der Waals surface area contributed by atoms with Crippen LogP contribution in [-0.2, 0) is 23.8 Å². The molecule has 0 atom stereocenters. The summed E-state index contributed by atoms with van der Waals surface area (Å²) in [6.45, 7) is 2.61. The summed E-state index contributed by atoms with van der Waals surface area (Å²) >= 11 is 1.18. The van der Waals surface area contributed by atoms with Gasteiger partial charge in [0.2, 0.25) is 0 Å². The van der Waals surface area contributed by atoms with Crippen molar-refractivity contribution in [2.75, 3.05) is 0 Å². The molecule has 0 aromatic heterocycles. The molecule has 3 rings (SSSR count). The second kappa shape index (κ2) is 10.0. The van der Waals surface area contributed by atoms with Gasteiger partial charge >= 0.3 is 6.80 Å². The summed E-state index contributed by atoms with van der Waals surface area (Å²) < 4.78 is 26.3. The molecule has 5 heteroatoms. The van der Waals surface area contributed by atoms with E-state index in [-0.39, 0.29) is 0 Å². The van der Waals surface area contributed by atoms with Crippen molar-refractivity contribution in [2.24, 2.45) is 0 Å². The van der Waals surface area contributed by atoms with E-state index in [1.54, 1.807) is 0 Å². The average Bonchev–Trinajstić information content (AvgIpc) is 2.74. The van der Waals surface area contributed by atoms with Gasteiger partial charge in [0.25, 0.3) is 0 Å². The van der Waals surface area contributed by atoms with Crippen LogP contribution in [0.5, 0.6) is 11.5 Å². The monoisotopic (exact) mass is 426 g/mol. The van der Waals surface area contributed by atoms with Gasteiger partial charge in [-0.05, 0) is 54.2 Å². The van der Waals surface area contributed by atoms with Crippen LogP contribution in [0.4, 0.5) is 0 Å². The predicted octanol–water partition coefficient (Wildman–Crippen LogP) is 7.73. The van der Waals surface area contributed by atoms with Crippen molar-refractivity contribution in [3.63, 3.8) is 0 Å². The molecule has 0 heterocycles. The van der Waals surface area contributed by atoms with E-state index in [9.17, 15) is 4.57 Å². The Kier molecular flexibility index (Phi) is 7.46. The van der Waals surface area contributed by atoms with E-state index < -0.39 is 6.80 Å². The van der Waals surface area contributed by atoms with Crippen LogP contribution in [0, 0.1) is 0 Å². The summed E-state index contributed by atoms with van der Waals surface area (Å²) in [5.41, 5.74) is 3.13. The van der Waals surface area contributed by atoms with Crippen LogP contribution in [0.15, 0.2) is 77.7 Å². The summed E-state index contributed by atoms with van der Waals surface area (Å²) in [6.07, 6.45) is 2.43. The largest absolute Gasteiger partial charge is 0.497 e. The van der Waals surface area contributed by atoms with E-state index in [1.165, 1.54) is 11.4 Å². The normalized spacial score (nSPS) is 11.3. The van der Waals surface area contributed by atoms with E-state index in [4.69, 9.17) is 9.05 Å². The van der Waals surface area contributed by atoms with Crippen molar-refractivity contribution in [2.45, 2.75) is 44.9 Å². The van der Waals surface area contributed by atoms with Gasteiger partial charge in [-0.2, -0.15) is 0 Å². The highest BCUT2D eigenvalue weighted by Crippen LogP contribution is 2.63. The van der Waals surface area contributed by atoms with Gasteiger partial charge in [-0.25, -0.2) is 4.57 Å². The topological polar surface area (TPSA) is 35.5 Å². The van der Waals surface area contributed by atoms with Gasteiger partial charge < -0.3 is 9.05 Å². The molecular formula is C24H27O3PS. The van der Waals surface area contributed by atoms with E-state index in [2.05, 4.69) is 20.8 Å². The van der Waals surface area contributed by atoms with Crippen molar-refractivity contribution >= 4 is 18.2 Å². The van der Waals surface area contributed by atoms with Crippen LogP contribution < -0.4 is 9.05 Å². The quantitative estimate of drug-likeness (QED) is 0.328. The second-order valence-corrected chi connectivity index (χ2v) is 10.4. The van der Waals surface area contributed by atoms with Crippen LogP contribution in [-0.4, -0.2) is 0 Å². The third-order valence-corrected chi connectivity index (χ3v) is 8.06. The molecule has 0 N–H and O–H groups in total. The molecule has 0 radical (unpaired) electrons. The van der Waals surface area contributed by atoms with E-state index in [0.29, 0.717) is 11.5 Å². The predicted molar refractivity (Wildman–Crippen MR) is 122 cm³/mol. The lowest BCUT2D eigenvalue weighted by Crippen LogP contribution is -2.02. The molecule has 152 valence electrons. The van der Waals surface area contributed by atoms with Gasteiger partial charge in [0.05, 0.1) is 0 Å². The minimum absolute atomic E-state index is 0.605. The molecule has 0 aliphatic heterocycles. The van der Waals surface area contributed by atoms with Gasteiger partial charge in [0.15, 0.2) is 0 Å². The number of hydrogen-bond acceptors (Lipinski definition) is 4. The zero-order chi connectivity index (χ0) is 20.7. The maximum absolute atomic E-state index is 14.0. The Bertz CT molecular complexity index is 875. The summed E-state index contributed by atoms with van der Waals surface area (Å²) in [5.74, 6) is 1.21. The molecule has 0 aliphatic rings. The van der Waals surface area contributed by atoms with Gasteiger partial charge in [-0.3, -0.25) is 0 Å². The number of aryl methyl sites for hydroxylation is 3. The molecule has 0 amide bonds. The molecule has 0 spiro atoms. The minimum Gasteiger partial charge on any atom is -0.408 e. The zero-order valence-electron chi connectivity index (χ0n) is 17.1. The fraction of sp³-hybridized carbons (Fsp3) is 0.250. The minimum atomic E-state index is -3.59. The van der Waals surface area contributed by atoms with Crippen molar-refractivity contribution < 1.29 is 13.6 Å². The van der Waals surface area contributed by atoms with E-state index >= 15 is 0 Å². The highest BCUT2D eigenvalue weighted by Gasteiger charge is 2.33. The third-order valence-electron chi connectivity index (χ3n) is 4.69. The Balaban J connectivity index is 2.01. The van der Waals surface area contributed by atoms with Crippen LogP contribution in [0.25, 0.3) is 0 Å². The molecule has 0 saturated heterocycles. The van der Waals surface area contributed by atoms with Crippen LogP contribution >= 0.6 is 18.2 Å². The first-order valence-corrected chi connectivity index (χ1v) is 13.0. The van der Waals surface area contributed by atoms with E-state index in [0.717, 1.165) is 40.8 Å². The van der Waals surface area contributed by atoms with Crippen molar-refractivity contribution in [1.82, 2.24) is 0 Å². The molecule has 3 nitrogen and oxygen atoms in total. The maximum Gasteiger partial charge on any atom is 0.497 e.